The normalized spacial score (nSPS) is 18.2. The molecule has 0 fully saturated rings. The van der Waals surface area contributed by atoms with E-state index in [0.717, 1.165) is 23.5 Å². The van der Waals surface area contributed by atoms with Crippen molar-refractivity contribution in [1.29, 1.82) is 0 Å². The molecule has 1 aliphatic rings. The number of hydrogen-bond acceptors (Lipinski definition) is 5. The van der Waals surface area contributed by atoms with Gasteiger partial charge in [-0.2, -0.15) is 0 Å². The molecule has 1 amide bonds. The Balaban J connectivity index is 1.74. The lowest BCUT2D eigenvalue weighted by Gasteiger charge is -2.34. The van der Waals surface area contributed by atoms with Crippen molar-refractivity contribution in [2.75, 3.05) is 13.7 Å². The van der Waals surface area contributed by atoms with Crippen LogP contribution in [0.3, 0.4) is 0 Å². The molecular weight excluding hydrogens is 408 g/mol. The van der Waals surface area contributed by atoms with Crippen molar-refractivity contribution < 1.29 is 28.2 Å². The summed E-state index contributed by atoms with van der Waals surface area (Å²) >= 11 is 0. The van der Waals surface area contributed by atoms with Gasteiger partial charge in [0.05, 0.1) is 24.5 Å². The van der Waals surface area contributed by atoms with Gasteiger partial charge >= 0.3 is 0 Å². The molecule has 3 heterocycles. The fourth-order valence-corrected chi connectivity index (χ4v) is 3.70. The molecule has 2 aromatic heterocycles. The SMILES string of the molecule is COCc1cc(C(C)C)nc2c(C(=O)NC3(O)CCOc4cc(F)c(F)cc43)ccn12. The third kappa shape index (κ3) is 3.75. The van der Waals surface area contributed by atoms with Gasteiger partial charge in [-0.1, -0.05) is 13.8 Å². The lowest BCUT2D eigenvalue weighted by Crippen LogP contribution is -2.49. The maximum atomic E-state index is 13.8. The Morgan fingerprint density at radius 3 is 2.81 bits per heavy atom. The molecule has 1 unspecified atom stereocenters. The number of methoxy groups -OCH3 is 1. The molecule has 1 aromatic carbocycles. The van der Waals surface area contributed by atoms with E-state index in [9.17, 15) is 18.7 Å². The molecule has 0 radical (unpaired) electrons. The summed E-state index contributed by atoms with van der Waals surface area (Å²) < 4.78 is 39.8. The number of amides is 1. The molecular formula is C22H23F2N3O4. The minimum atomic E-state index is -1.92. The Kier molecular flexibility index (Phi) is 5.40. The highest BCUT2D eigenvalue weighted by Crippen LogP contribution is 2.37. The Labute approximate surface area is 177 Å². The van der Waals surface area contributed by atoms with Crippen LogP contribution in [0.4, 0.5) is 8.78 Å². The summed E-state index contributed by atoms with van der Waals surface area (Å²) in [4.78, 5) is 17.8. The van der Waals surface area contributed by atoms with E-state index in [0.29, 0.717) is 12.3 Å². The number of rotatable bonds is 5. The minimum absolute atomic E-state index is 0.0164. The number of nitrogens with zero attached hydrogens (tertiary/aromatic N) is 2. The highest BCUT2D eigenvalue weighted by Gasteiger charge is 2.39. The molecule has 0 bridgehead atoms. The van der Waals surface area contributed by atoms with E-state index in [1.807, 2.05) is 19.9 Å². The van der Waals surface area contributed by atoms with Crippen LogP contribution in [-0.2, 0) is 17.1 Å². The number of nitrogens with one attached hydrogen (secondary N) is 1. The van der Waals surface area contributed by atoms with Crippen molar-refractivity contribution in [2.24, 2.45) is 0 Å². The number of carbonyl (C=O) groups excluding carboxylic acids is 1. The van der Waals surface area contributed by atoms with Crippen molar-refractivity contribution >= 4 is 11.6 Å². The summed E-state index contributed by atoms with van der Waals surface area (Å²) in [7, 11) is 1.58. The van der Waals surface area contributed by atoms with Crippen molar-refractivity contribution in [2.45, 2.75) is 38.5 Å². The standard InChI is InChI=1S/C22H23F2N3O4/c1-12(2)18-8-13(11-30-3)27-6-4-14(20(27)25-18)21(28)26-22(29)5-7-31-19-10-17(24)16(23)9-15(19)22/h4,6,8-10,12,29H,5,7,11H2,1-3H3,(H,26,28). The van der Waals surface area contributed by atoms with Gasteiger partial charge in [0.15, 0.2) is 17.4 Å². The van der Waals surface area contributed by atoms with Gasteiger partial charge in [-0.05, 0) is 24.1 Å². The molecule has 0 saturated heterocycles. The number of carbonyl (C=O) groups is 1. The molecule has 164 valence electrons. The zero-order valence-corrected chi connectivity index (χ0v) is 17.4. The summed E-state index contributed by atoms with van der Waals surface area (Å²) in [6.45, 7) is 4.34. The van der Waals surface area contributed by atoms with E-state index in [4.69, 9.17) is 9.47 Å². The van der Waals surface area contributed by atoms with Gasteiger partial charge in [0.2, 0.25) is 0 Å². The molecule has 31 heavy (non-hydrogen) atoms. The molecule has 3 aromatic rings. The van der Waals surface area contributed by atoms with Crippen LogP contribution in [0.5, 0.6) is 5.75 Å². The first-order chi connectivity index (χ1) is 14.7. The van der Waals surface area contributed by atoms with Crippen molar-refractivity contribution in [1.82, 2.24) is 14.7 Å². The van der Waals surface area contributed by atoms with Crippen LogP contribution in [0.25, 0.3) is 5.65 Å². The largest absolute Gasteiger partial charge is 0.493 e. The van der Waals surface area contributed by atoms with Gasteiger partial charge in [0, 0.05) is 37.1 Å². The first kappa shape index (κ1) is 21.2. The van der Waals surface area contributed by atoms with Crippen LogP contribution in [0.15, 0.2) is 30.5 Å². The fourth-order valence-electron chi connectivity index (χ4n) is 3.70. The van der Waals surface area contributed by atoms with Crippen molar-refractivity contribution in [3.63, 3.8) is 0 Å². The zero-order valence-electron chi connectivity index (χ0n) is 17.4. The summed E-state index contributed by atoms with van der Waals surface area (Å²) in [6.07, 6.45) is 1.68. The summed E-state index contributed by atoms with van der Waals surface area (Å²) in [6, 6.07) is 5.22. The molecule has 2 N–H and O–H groups in total. The summed E-state index contributed by atoms with van der Waals surface area (Å²) in [5.74, 6) is -2.73. The van der Waals surface area contributed by atoms with E-state index in [2.05, 4.69) is 10.3 Å². The molecule has 7 nitrogen and oxygen atoms in total. The van der Waals surface area contributed by atoms with Crippen molar-refractivity contribution in [3.05, 3.63) is 64.6 Å². The summed E-state index contributed by atoms with van der Waals surface area (Å²) in [5.41, 5.74) is 0.313. The quantitative estimate of drug-likeness (QED) is 0.606. The van der Waals surface area contributed by atoms with Crippen LogP contribution in [-0.4, -0.2) is 34.1 Å². The minimum Gasteiger partial charge on any atom is -0.493 e. The Morgan fingerprint density at radius 1 is 1.35 bits per heavy atom. The lowest BCUT2D eigenvalue weighted by atomic mass is 9.95. The van der Waals surface area contributed by atoms with Crippen molar-refractivity contribution in [3.8, 4) is 5.75 Å². The Hall–Kier alpha value is -3.04. The van der Waals surface area contributed by atoms with Crippen LogP contribution in [0.1, 0.15) is 53.5 Å². The first-order valence-electron chi connectivity index (χ1n) is 9.90. The monoisotopic (exact) mass is 431 g/mol. The second kappa shape index (κ2) is 7.90. The molecule has 1 atom stereocenters. The number of aliphatic hydroxyl groups is 1. The zero-order chi connectivity index (χ0) is 22.3. The second-order valence-corrected chi connectivity index (χ2v) is 7.86. The predicted molar refractivity (Wildman–Crippen MR) is 108 cm³/mol. The Bertz CT molecular complexity index is 1160. The molecule has 0 saturated carbocycles. The maximum Gasteiger partial charge on any atom is 0.257 e. The van der Waals surface area contributed by atoms with Crippen LogP contribution >= 0.6 is 0 Å². The average molecular weight is 431 g/mol. The number of aromatic nitrogens is 2. The number of halogens is 2. The smallest absolute Gasteiger partial charge is 0.257 e. The molecule has 4 rings (SSSR count). The van der Waals surface area contributed by atoms with E-state index in [1.54, 1.807) is 23.8 Å². The first-order valence-corrected chi connectivity index (χ1v) is 9.90. The molecule has 9 heteroatoms. The van der Waals surface area contributed by atoms with E-state index < -0.39 is 23.3 Å². The van der Waals surface area contributed by atoms with Crippen LogP contribution in [0.2, 0.25) is 0 Å². The molecule has 0 spiro atoms. The molecule has 0 aliphatic carbocycles. The average Bonchev–Trinajstić information content (AvgIpc) is 3.14. The predicted octanol–water partition coefficient (Wildman–Crippen LogP) is 3.24. The molecule has 1 aliphatic heterocycles. The van der Waals surface area contributed by atoms with E-state index in [-0.39, 0.29) is 35.8 Å². The van der Waals surface area contributed by atoms with E-state index >= 15 is 0 Å². The number of benzene rings is 1. The second-order valence-electron chi connectivity index (χ2n) is 7.86. The third-order valence-electron chi connectivity index (χ3n) is 5.36. The van der Waals surface area contributed by atoms with Crippen LogP contribution in [0, 0.1) is 11.6 Å². The van der Waals surface area contributed by atoms with Crippen LogP contribution < -0.4 is 10.1 Å². The van der Waals surface area contributed by atoms with Gasteiger partial charge in [0.1, 0.15) is 11.4 Å². The van der Waals surface area contributed by atoms with Gasteiger partial charge < -0.3 is 24.3 Å². The van der Waals surface area contributed by atoms with Gasteiger partial charge in [-0.3, -0.25) is 4.79 Å². The Morgan fingerprint density at radius 2 is 2.10 bits per heavy atom. The third-order valence-corrected chi connectivity index (χ3v) is 5.36. The number of hydrogen-bond donors (Lipinski definition) is 2. The topological polar surface area (TPSA) is 85.1 Å². The lowest BCUT2D eigenvalue weighted by molar-refractivity contribution is -0.0283. The number of ether oxygens (including phenoxy) is 2. The number of fused-ring (bicyclic) bond motifs is 2. The summed E-state index contributed by atoms with van der Waals surface area (Å²) in [5, 5.41) is 13.7. The van der Waals surface area contributed by atoms with Gasteiger partial charge in [-0.15, -0.1) is 0 Å². The highest BCUT2D eigenvalue weighted by molar-refractivity contribution is 6.00. The fraction of sp³-hybridized carbons (Fsp3) is 0.364. The van der Waals surface area contributed by atoms with Gasteiger partial charge in [0.25, 0.3) is 5.91 Å². The van der Waals surface area contributed by atoms with Gasteiger partial charge in [-0.25, -0.2) is 13.8 Å². The van der Waals surface area contributed by atoms with E-state index in [1.165, 1.54) is 0 Å². The maximum absolute atomic E-state index is 13.8. The highest BCUT2D eigenvalue weighted by atomic mass is 19.2.